The van der Waals surface area contributed by atoms with Crippen LogP contribution in [0, 0.1) is 6.92 Å². The van der Waals surface area contributed by atoms with E-state index in [0.717, 1.165) is 40.4 Å². The number of aromatic nitrogens is 2. The van der Waals surface area contributed by atoms with Crippen LogP contribution in [0.5, 0.6) is 0 Å². The van der Waals surface area contributed by atoms with Gasteiger partial charge >= 0.3 is 0 Å². The standard InChI is InChI=1S/C19H16ClN3O/c1-11-2-3-13(18(24)22-15-5-6-15)9-16(11)12-4-7-17-14(8-12)10-21-19(20)23-17/h2-4,7-10,15H,5-6H2,1H3,(H,22,24). The van der Waals surface area contributed by atoms with E-state index in [0.29, 0.717) is 11.6 Å². The minimum absolute atomic E-state index is 0.00495. The number of hydrogen-bond acceptors (Lipinski definition) is 3. The van der Waals surface area contributed by atoms with Crippen LogP contribution in [0.3, 0.4) is 0 Å². The molecule has 0 unspecified atom stereocenters. The van der Waals surface area contributed by atoms with Gasteiger partial charge in [-0.3, -0.25) is 4.79 Å². The van der Waals surface area contributed by atoms with E-state index < -0.39 is 0 Å². The maximum absolute atomic E-state index is 12.3. The predicted molar refractivity (Wildman–Crippen MR) is 95.2 cm³/mol. The molecule has 1 aromatic heterocycles. The molecule has 120 valence electrons. The maximum Gasteiger partial charge on any atom is 0.251 e. The van der Waals surface area contributed by atoms with E-state index in [1.165, 1.54) is 0 Å². The molecule has 1 N–H and O–H groups in total. The number of hydrogen-bond donors (Lipinski definition) is 1. The molecule has 0 bridgehead atoms. The van der Waals surface area contributed by atoms with Crippen LogP contribution in [0.25, 0.3) is 22.0 Å². The molecule has 0 aliphatic heterocycles. The lowest BCUT2D eigenvalue weighted by atomic mass is 9.97. The summed E-state index contributed by atoms with van der Waals surface area (Å²) in [5.74, 6) is -0.00495. The summed E-state index contributed by atoms with van der Waals surface area (Å²) in [6, 6.07) is 12.1. The number of benzene rings is 2. The van der Waals surface area contributed by atoms with E-state index >= 15 is 0 Å². The quantitative estimate of drug-likeness (QED) is 0.730. The lowest BCUT2D eigenvalue weighted by molar-refractivity contribution is 0.0951. The van der Waals surface area contributed by atoms with E-state index in [4.69, 9.17) is 11.6 Å². The Morgan fingerprint density at radius 3 is 2.83 bits per heavy atom. The molecule has 0 radical (unpaired) electrons. The Hall–Kier alpha value is -2.46. The molecule has 1 amide bonds. The Kier molecular flexibility index (Phi) is 3.69. The fourth-order valence-electron chi connectivity index (χ4n) is 2.75. The van der Waals surface area contributed by atoms with Gasteiger partial charge in [-0.25, -0.2) is 9.97 Å². The number of nitrogens with one attached hydrogen (secondary N) is 1. The van der Waals surface area contributed by atoms with Crippen molar-refractivity contribution in [3.63, 3.8) is 0 Å². The molecule has 1 fully saturated rings. The number of carbonyl (C=O) groups excluding carboxylic acids is 1. The summed E-state index contributed by atoms with van der Waals surface area (Å²) in [6.45, 7) is 2.04. The number of amides is 1. The van der Waals surface area contributed by atoms with Gasteiger partial charge in [0, 0.05) is 23.2 Å². The summed E-state index contributed by atoms with van der Waals surface area (Å²) in [5.41, 5.74) is 4.68. The van der Waals surface area contributed by atoms with Crippen molar-refractivity contribution in [2.24, 2.45) is 0 Å². The summed E-state index contributed by atoms with van der Waals surface area (Å²) in [7, 11) is 0. The van der Waals surface area contributed by atoms with E-state index in [1.54, 1.807) is 6.20 Å². The number of fused-ring (bicyclic) bond motifs is 1. The zero-order valence-electron chi connectivity index (χ0n) is 13.2. The van der Waals surface area contributed by atoms with Crippen molar-refractivity contribution in [1.29, 1.82) is 0 Å². The highest BCUT2D eigenvalue weighted by Gasteiger charge is 2.24. The van der Waals surface area contributed by atoms with Gasteiger partial charge in [-0.15, -0.1) is 0 Å². The molecule has 4 nitrogen and oxygen atoms in total. The Balaban J connectivity index is 1.74. The van der Waals surface area contributed by atoms with Gasteiger partial charge in [0.2, 0.25) is 5.28 Å². The topological polar surface area (TPSA) is 54.9 Å². The molecule has 0 atom stereocenters. The monoisotopic (exact) mass is 337 g/mol. The fraction of sp³-hybridized carbons (Fsp3) is 0.211. The average molecular weight is 338 g/mol. The third-order valence-electron chi connectivity index (χ3n) is 4.27. The molecule has 24 heavy (non-hydrogen) atoms. The highest BCUT2D eigenvalue weighted by Crippen LogP contribution is 2.28. The van der Waals surface area contributed by atoms with Crippen LogP contribution in [0.4, 0.5) is 0 Å². The molecule has 1 aliphatic rings. The van der Waals surface area contributed by atoms with Crippen LogP contribution in [0.2, 0.25) is 5.28 Å². The van der Waals surface area contributed by atoms with Crippen LogP contribution in [-0.4, -0.2) is 21.9 Å². The number of aryl methyl sites for hydroxylation is 1. The first-order valence-corrected chi connectivity index (χ1v) is 8.32. The largest absolute Gasteiger partial charge is 0.349 e. The van der Waals surface area contributed by atoms with Gasteiger partial charge in [-0.05, 0) is 72.3 Å². The lowest BCUT2D eigenvalue weighted by Gasteiger charge is -2.10. The predicted octanol–water partition coefficient (Wildman–Crippen LogP) is 4.15. The van der Waals surface area contributed by atoms with Gasteiger partial charge < -0.3 is 5.32 Å². The SMILES string of the molecule is Cc1ccc(C(=O)NC2CC2)cc1-c1ccc2nc(Cl)ncc2c1. The maximum atomic E-state index is 12.3. The number of rotatable bonds is 3. The molecule has 0 spiro atoms. The smallest absolute Gasteiger partial charge is 0.251 e. The summed E-state index contributed by atoms with van der Waals surface area (Å²) < 4.78 is 0. The lowest BCUT2D eigenvalue weighted by Crippen LogP contribution is -2.25. The van der Waals surface area contributed by atoms with E-state index in [-0.39, 0.29) is 11.2 Å². The van der Waals surface area contributed by atoms with E-state index in [2.05, 4.69) is 15.3 Å². The molecule has 3 aromatic rings. The summed E-state index contributed by atoms with van der Waals surface area (Å²) in [4.78, 5) is 20.5. The Labute approximate surface area is 144 Å². The Morgan fingerprint density at radius 1 is 1.21 bits per heavy atom. The number of nitrogens with zero attached hydrogens (tertiary/aromatic N) is 2. The molecule has 5 heteroatoms. The highest BCUT2D eigenvalue weighted by atomic mass is 35.5. The minimum atomic E-state index is -0.00495. The first-order chi connectivity index (χ1) is 11.6. The summed E-state index contributed by atoms with van der Waals surface area (Å²) in [5, 5.41) is 4.19. The fourth-order valence-corrected chi connectivity index (χ4v) is 2.89. The first kappa shape index (κ1) is 15.1. The van der Waals surface area contributed by atoms with Gasteiger partial charge in [0.15, 0.2) is 0 Å². The zero-order chi connectivity index (χ0) is 16.7. The number of carbonyl (C=O) groups is 1. The second-order valence-electron chi connectivity index (χ2n) is 6.19. The molecule has 1 aliphatic carbocycles. The molecule has 1 saturated carbocycles. The van der Waals surface area contributed by atoms with Crippen molar-refractivity contribution >= 4 is 28.4 Å². The van der Waals surface area contributed by atoms with E-state index in [1.807, 2.05) is 43.3 Å². The van der Waals surface area contributed by atoms with Crippen molar-refractivity contribution in [2.45, 2.75) is 25.8 Å². The van der Waals surface area contributed by atoms with Gasteiger partial charge in [0.05, 0.1) is 5.52 Å². The zero-order valence-corrected chi connectivity index (χ0v) is 14.0. The molecular weight excluding hydrogens is 322 g/mol. The van der Waals surface area contributed by atoms with Gasteiger partial charge in [0.1, 0.15) is 0 Å². The molecule has 2 aromatic carbocycles. The van der Waals surface area contributed by atoms with Crippen LogP contribution < -0.4 is 5.32 Å². The number of halogens is 1. The van der Waals surface area contributed by atoms with Crippen LogP contribution in [-0.2, 0) is 0 Å². The van der Waals surface area contributed by atoms with Gasteiger partial charge in [-0.1, -0.05) is 12.1 Å². The summed E-state index contributed by atoms with van der Waals surface area (Å²) >= 11 is 5.84. The molecule has 0 saturated heterocycles. The second-order valence-corrected chi connectivity index (χ2v) is 6.53. The minimum Gasteiger partial charge on any atom is -0.349 e. The average Bonchev–Trinajstić information content (AvgIpc) is 3.38. The van der Waals surface area contributed by atoms with Crippen molar-refractivity contribution in [3.05, 3.63) is 59.0 Å². The van der Waals surface area contributed by atoms with E-state index in [9.17, 15) is 4.79 Å². The van der Waals surface area contributed by atoms with Crippen molar-refractivity contribution < 1.29 is 4.79 Å². The summed E-state index contributed by atoms with van der Waals surface area (Å²) in [6.07, 6.45) is 3.88. The molecule has 4 rings (SSSR count). The third-order valence-corrected chi connectivity index (χ3v) is 4.46. The van der Waals surface area contributed by atoms with Crippen molar-refractivity contribution in [1.82, 2.24) is 15.3 Å². The Bertz CT molecular complexity index is 950. The molecular formula is C19H16ClN3O. The normalized spacial score (nSPS) is 13.9. The van der Waals surface area contributed by atoms with Crippen molar-refractivity contribution in [3.8, 4) is 11.1 Å². The van der Waals surface area contributed by atoms with Crippen LogP contribution in [0.15, 0.2) is 42.6 Å². The van der Waals surface area contributed by atoms with Crippen LogP contribution >= 0.6 is 11.6 Å². The Morgan fingerprint density at radius 2 is 2.04 bits per heavy atom. The molecule has 1 heterocycles. The van der Waals surface area contributed by atoms with Crippen molar-refractivity contribution in [2.75, 3.05) is 0 Å². The van der Waals surface area contributed by atoms with Crippen LogP contribution in [0.1, 0.15) is 28.8 Å². The first-order valence-electron chi connectivity index (χ1n) is 7.94. The van der Waals surface area contributed by atoms with Gasteiger partial charge in [-0.2, -0.15) is 0 Å². The highest BCUT2D eigenvalue weighted by molar-refractivity contribution is 6.28. The third kappa shape index (κ3) is 2.97. The second kappa shape index (κ2) is 5.87. The van der Waals surface area contributed by atoms with Gasteiger partial charge in [0.25, 0.3) is 5.91 Å².